The molecule has 1 atom stereocenters. The van der Waals surface area contributed by atoms with Crippen molar-refractivity contribution in [2.24, 2.45) is 5.73 Å². The molecular formula is C10H16N2O2. The van der Waals surface area contributed by atoms with Gasteiger partial charge >= 0.3 is 0 Å². The average Bonchev–Trinajstić information content (AvgIpc) is 2.45. The third kappa shape index (κ3) is 3.02. The van der Waals surface area contributed by atoms with Gasteiger partial charge in [0.2, 0.25) is 5.91 Å². The summed E-state index contributed by atoms with van der Waals surface area (Å²) >= 11 is 0. The van der Waals surface area contributed by atoms with Crippen molar-refractivity contribution in [2.75, 3.05) is 26.3 Å². The zero-order valence-corrected chi connectivity index (χ0v) is 8.24. The Hall–Kier alpha value is -1.05. The van der Waals surface area contributed by atoms with Gasteiger partial charge in [-0.05, 0) is 6.42 Å². The van der Waals surface area contributed by atoms with Crippen molar-refractivity contribution in [3.63, 3.8) is 0 Å². The fourth-order valence-corrected chi connectivity index (χ4v) is 1.42. The van der Waals surface area contributed by atoms with Crippen LogP contribution >= 0.6 is 0 Å². The fourth-order valence-electron chi connectivity index (χ4n) is 1.42. The summed E-state index contributed by atoms with van der Waals surface area (Å²) in [5.74, 6) is 2.34. The van der Waals surface area contributed by atoms with E-state index in [4.69, 9.17) is 16.9 Å². The number of nitrogens with two attached hydrogens (primary N) is 1. The SMILES string of the molecule is C#CCC(N)C(=O)N1CCCOCC1. The maximum absolute atomic E-state index is 11.7. The summed E-state index contributed by atoms with van der Waals surface area (Å²) in [6, 6.07) is -0.557. The number of carbonyl (C=O) groups excluding carboxylic acids is 1. The number of nitrogens with zero attached hydrogens (tertiary/aromatic N) is 1. The minimum Gasteiger partial charge on any atom is -0.380 e. The summed E-state index contributed by atoms with van der Waals surface area (Å²) in [4.78, 5) is 13.4. The Balaban J connectivity index is 2.45. The monoisotopic (exact) mass is 196 g/mol. The highest BCUT2D eigenvalue weighted by Gasteiger charge is 2.20. The molecule has 0 radical (unpaired) electrons. The Kier molecular flexibility index (Phi) is 4.44. The molecule has 1 amide bonds. The first-order valence-corrected chi connectivity index (χ1v) is 4.81. The molecule has 1 heterocycles. The van der Waals surface area contributed by atoms with E-state index in [-0.39, 0.29) is 5.91 Å². The van der Waals surface area contributed by atoms with E-state index in [1.165, 1.54) is 0 Å². The van der Waals surface area contributed by atoms with E-state index in [1.807, 2.05) is 0 Å². The summed E-state index contributed by atoms with van der Waals surface area (Å²) in [7, 11) is 0. The molecule has 1 fully saturated rings. The standard InChI is InChI=1S/C10H16N2O2/c1-2-4-9(11)10(13)12-5-3-7-14-8-6-12/h1,9H,3-8,11H2. The molecule has 0 bridgehead atoms. The summed E-state index contributed by atoms with van der Waals surface area (Å²) < 4.78 is 5.24. The fraction of sp³-hybridized carbons (Fsp3) is 0.700. The molecule has 0 saturated carbocycles. The minimum absolute atomic E-state index is 0.0616. The van der Waals surface area contributed by atoms with Crippen LogP contribution in [0.15, 0.2) is 0 Å². The van der Waals surface area contributed by atoms with E-state index in [2.05, 4.69) is 5.92 Å². The molecule has 0 aromatic heterocycles. The molecular weight excluding hydrogens is 180 g/mol. The number of ether oxygens (including phenoxy) is 1. The molecule has 0 spiro atoms. The maximum Gasteiger partial charge on any atom is 0.240 e. The van der Waals surface area contributed by atoms with Crippen molar-refractivity contribution in [1.82, 2.24) is 4.90 Å². The van der Waals surface area contributed by atoms with Gasteiger partial charge in [-0.1, -0.05) is 0 Å². The van der Waals surface area contributed by atoms with E-state index >= 15 is 0 Å². The van der Waals surface area contributed by atoms with Gasteiger partial charge in [-0.25, -0.2) is 0 Å². The average molecular weight is 196 g/mol. The molecule has 0 aromatic rings. The van der Waals surface area contributed by atoms with Crippen LogP contribution in [0.25, 0.3) is 0 Å². The van der Waals surface area contributed by atoms with Gasteiger partial charge in [-0.3, -0.25) is 4.79 Å². The van der Waals surface area contributed by atoms with E-state index in [9.17, 15) is 4.79 Å². The highest BCUT2D eigenvalue weighted by molar-refractivity contribution is 5.82. The molecule has 2 N–H and O–H groups in total. The zero-order valence-electron chi connectivity index (χ0n) is 8.24. The molecule has 14 heavy (non-hydrogen) atoms. The molecule has 1 unspecified atom stereocenters. The molecule has 78 valence electrons. The highest BCUT2D eigenvalue weighted by Crippen LogP contribution is 2.02. The van der Waals surface area contributed by atoms with Crippen LogP contribution in [0.3, 0.4) is 0 Å². The van der Waals surface area contributed by atoms with Crippen LogP contribution in [0.5, 0.6) is 0 Å². The lowest BCUT2D eigenvalue weighted by Gasteiger charge is -2.22. The van der Waals surface area contributed by atoms with Gasteiger partial charge in [0.1, 0.15) is 0 Å². The van der Waals surface area contributed by atoms with Gasteiger partial charge in [-0.15, -0.1) is 12.3 Å². The number of amides is 1. The molecule has 4 heteroatoms. The first kappa shape index (κ1) is 11.0. The van der Waals surface area contributed by atoms with Crippen LogP contribution in [0, 0.1) is 12.3 Å². The van der Waals surface area contributed by atoms with Crippen molar-refractivity contribution < 1.29 is 9.53 Å². The molecule has 1 aliphatic heterocycles. The second-order valence-corrected chi connectivity index (χ2v) is 3.31. The smallest absolute Gasteiger partial charge is 0.240 e. The Labute approximate surface area is 84.4 Å². The molecule has 1 saturated heterocycles. The van der Waals surface area contributed by atoms with E-state index in [0.29, 0.717) is 26.2 Å². The van der Waals surface area contributed by atoms with Crippen LogP contribution in [0.2, 0.25) is 0 Å². The van der Waals surface area contributed by atoms with E-state index < -0.39 is 6.04 Å². The lowest BCUT2D eigenvalue weighted by molar-refractivity contribution is -0.132. The third-order valence-corrected chi connectivity index (χ3v) is 2.19. The van der Waals surface area contributed by atoms with Crippen molar-refractivity contribution in [3.05, 3.63) is 0 Å². The van der Waals surface area contributed by atoms with Gasteiger partial charge in [0.05, 0.1) is 12.6 Å². The molecule has 0 aliphatic carbocycles. The van der Waals surface area contributed by atoms with Crippen molar-refractivity contribution in [2.45, 2.75) is 18.9 Å². The summed E-state index contributed by atoms with van der Waals surface area (Å²) in [5, 5.41) is 0. The second-order valence-electron chi connectivity index (χ2n) is 3.31. The van der Waals surface area contributed by atoms with Gasteiger partial charge < -0.3 is 15.4 Å². The third-order valence-electron chi connectivity index (χ3n) is 2.19. The number of hydrogen-bond donors (Lipinski definition) is 1. The normalized spacial score (nSPS) is 19.6. The molecule has 1 rings (SSSR count). The number of rotatable bonds is 2. The molecule has 4 nitrogen and oxygen atoms in total. The Morgan fingerprint density at radius 3 is 3.07 bits per heavy atom. The van der Waals surface area contributed by atoms with Gasteiger partial charge in [-0.2, -0.15) is 0 Å². The maximum atomic E-state index is 11.7. The van der Waals surface area contributed by atoms with E-state index in [1.54, 1.807) is 4.90 Å². The summed E-state index contributed by atoms with van der Waals surface area (Å²) in [6.45, 7) is 2.65. The molecule has 1 aliphatic rings. The zero-order chi connectivity index (χ0) is 10.4. The number of carbonyl (C=O) groups is 1. The van der Waals surface area contributed by atoms with Gasteiger partial charge in [0.25, 0.3) is 0 Å². The predicted molar refractivity (Wildman–Crippen MR) is 53.4 cm³/mol. The van der Waals surface area contributed by atoms with Crippen LogP contribution in [0.4, 0.5) is 0 Å². The van der Waals surface area contributed by atoms with Crippen LogP contribution < -0.4 is 5.73 Å². The van der Waals surface area contributed by atoms with E-state index in [0.717, 1.165) is 13.0 Å². The Morgan fingerprint density at radius 2 is 2.36 bits per heavy atom. The van der Waals surface area contributed by atoms with Crippen LogP contribution in [-0.4, -0.2) is 43.2 Å². The first-order chi connectivity index (χ1) is 6.75. The lowest BCUT2D eigenvalue weighted by Crippen LogP contribution is -2.44. The highest BCUT2D eigenvalue weighted by atomic mass is 16.5. The van der Waals surface area contributed by atoms with Crippen LogP contribution in [-0.2, 0) is 9.53 Å². The van der Waals surface area contributed by atoms with Crippen LogP contribution in [0.1, 0.15) is 12.8 Å². The van der Waals surface area contributed by atoms with Crippen molar-refractivity contribution >= 4 is 5.91 Å². The Bertz CT molecular complexity index is 227. The number of hydrogen-bond acceptors (Lipinski definition) is 3. The second kappa shape index (κ2) is 5.63. The largest absolute Gasteiger partial charge is 0.380 e. The minimum atomic E-state index is -0.557. The quantitative estimate of drug-likeness (QED) is 0.611. The van der Waals surface area contributed by atoms with Gasteiger partial charge in [0, 0.05) is 26.1 Å². The van der Waals surface area contributed by atoms with Gasteiger partial charge in [0.15, 0.2) is 0 Å². The first-order valence-electron chi connectivity index (χ1n) is 4.81. The topological polar surface area (TPSA) is 55.6 Å². The summed E-state index contributed by atoms with van der Waals surface area (Å²) in [6.07, 6.45) is 6.27. The Morgan fingerprint density at radius 1 is 1.57 bits per heavy atom. The summed E-state index contributed by atoms with van der Waals surface area (Å²) in [5.41, 5.74) is 5.64. The molecule has 0 aromatic carbocycles. The van der Waals surface area contributed by atoms with Crippen molar-refractivity contribution in [1.29, 1.82) is 0 Å². The number of terminal acetylenes is 1. The lowest BCUT2D eigenvalue weighted by atomic mass is 10.2. The predicted octanol–water partition coefficient (Wildman–Crippen LogP) is -0.414. The van der Waals surface area contributed by atoms with Crippen molar-refractivity contribution in [3.8, 4) is 12.3 Å².